The lowest BCUT2D eigenvalue weighted by molar-refractivity contribution is 0.0130. The second-order valence-electron chi connectivity index (χ2n) is 5.75. The molecule has 19 heavy (non-hydrogen) atoms. The summed E-state index contributed by atoms with van der Waals surface area (Å²) in [4.78, 5) is 0. The fraction of sp³-hybridized carbons (Fsp3) is 0.600. The molecule has 0 saturated heterocycles. The minimum atomic E-state index is -0.728. The Balaban J connectivity index is 2.85. The van der Waals surface area contributed by atoms with E-state index < -0.39 is 12.2 Å². The van der Waals surface area contributed by atoms with Crippen LogP contribution in [0.3, 0.4) is 0 Å². The van der Waals surface area contributed by atoms with Crippen LogP contribution in [0.5, 0.6) is 11.5 Å². The van der Waals surface area contributed by atoms with E-state index in [9.17, 15) is 10.2 Å². The second-order valence-corrected chi connectivity index (χ2v) is 5.75. The Kier molecular flexibility index (Phi) is 5.20. The van der Waals surface area contributed by atoms with E-state index in [1.54, 1.807) is 32.4 Å². The predicted octanol–water partition coefficient (Wildman–Crippen LogP) is 2.53. The quantitative estimate of drug-likeness (QED) is 0.861. The van der Waals surface area contributed by atoms with E-state index in [1.807, 2.05) is 20.8 Å². The average Bonchev–Trinajstić information content (AvgIpc) is 2.36. The predicted molar refractivity (Wildman–Crippen MR) is 74.6 cm³/mol. The SMILES string of the molecule is COc1ccc(C(O)CC(O)C(C)(C)C)cc1OC. The molecule has 108 valence electrons. The molecule has 1 aromatic carbocycles. The zero-order valence-electron chi connectivity index (χ0n) is 12.3. The lowest BCUT2D eigenvalue weighted by Crippen LogP contribution is -2.27. The van der Waals surface area contributed by atoms with Crippen molar-refractivity contribution in [3.63, 3.8) is 0 Å². The molecule has 1 aromatic rings. The molecule has 0 aromatic heterocycles. The zero-order chi connectivity index (χ0) is 14.6. The van der Waals surface area contributed by atoms with Crippen LogP contribution in [0.15, 0.2) is 18.2 Å². The molecule has 2 atom stereocenters. The number of aliphatic hydroxyl groups is 2. The van der Waals surface area contributed by atoms with Crippen molar-refractivity contribution in [2.24, 2.45) is 5.41 Å². The van der Waals surface area contributed by atoms with Crippen molar-refractivity contribution in [2.75, 3.05) is 14.2 Å². The largest absolute Gasteiger partial charge is 0.493 e. The topological polar surface area (TPSA) is 58.9 Å². The second kappa shape index (κ2) is 6.26. The van der Waals surface area contributed by atoms with Crippen molar-refractivity contribution in [3.05, 3.63) is 23.8 Å². The molecule has 0 saturated carbocycles. The average molecular weight is 268 g/mol. The Hall–Kier alpha value is -1.26. The summed E-state index contributed by atoms with van der Waals surface area (Å²) in [6.45, 7) is 5.83. The number of hydrogen-bond acceptors (Lipinski definition) is 4. The van der Waals surface area contributed by atoms with Crippen LogP contribution in [-0.2, 0) is 0 Å². The maximum absolute atomic E-state index is 10.2. The minimum Gasteiger partial charge on any atom is -0.493 e. The smallest absolute Gasteiger partial charge is 0.161 e. The van der Waals surface area contributed by atoms with Gasteiger partial charge < -0.3 is 19.7 Å². The van der Waals surface area contributed by atoms with Gasteiger partial charge in [0.05, 0.1) is 26.4 Å². The normalized spacial score (nSPS) is 14.9. The van der Waals surface area contributed by atoms with Crippen molar-refractivity contribution >= 4 is 0 Å². The van der Waals surface area contributed by atoms with Crippen molar-refractivity contribution in [3.8, 4) is 11.5 Å². The van der Waals surface area contributed by atoms with Gasteiger partial charge in [0.2, 0.25) is 0 Å². The van der Waals surface area contributed by atoms with Gasteiger partial charge in [-0.3, -0.25) is 0 Å². The molecule has 0 fully saturated rings. The Labute approximate surface area is 115 Å². The number of hydrogen-bond donors (Lipinski definition) is 2. The first kappa shape index (κ1) is 15.8. The molecule has 0 amide bonds. The Bertz CT molecular complexity index is 409. The Morgan fingerprint density at radius 2 is 1.63 bits per heavy atom. The summed E-state index contributed by atoms with van der Waals surface area (Å²) in [5.41, 5.74) is 0.457. The Morgan fingerprint density at radius 3 is 2.11 bits per heavy atom. The highest BCUT2D eigenvalue weighted by Crippen LogP contribution is 2.33. The first-order chi connectivity index (χ1) is 8.79. The first-order valence-electron chi connectivity index (χ1n) is 6.37. The Morgan fingerprint density at radius 1 is 1.05 bits per heavy atom. The van der Waals surface area contributed by atoms with Gasteiger partial charge in [0.15, 0.2) is 11.5 Å². The molecule has 0 bridgehead atoms. The van der Waals surface area contributed by atoms with Gasteiger partial charge >= 0.3 is 0 Å². The van der Waals surface area contributed by atoms with E-state index in [-0.39, 0.29) is 5.41 Å². The third-order valence-electron chi connectivity index (χ3n) is 3.24. The van der Waals surface area contributed by atoms with Gasteiger partial charge in [0.1, 0.15) is 0 Å². The van der Waals surface area contributed by atoms with Gasteiger partial charge in [-0.25, -0.2) is 0 Å². The minimum absolute atomic E-state index is 0.252. The van der Waals surface area contributed by atoms with Crippen molar-refractivity contribution in [1.82, 2.24) is 0 Å². The fourth-order valence-corrected chi connectivity index (χ4v) is 1.76. The lowest BCUT2D eigenvalue weighted by Gasteiger charge is -2.28. The van der Waals surface area contributed by atoms with Crippen LogP contribution >= 0.6 is 0 Å². The van der Waals surface area contributed by atoms with Crippen molar-refractivity contribution < 1.29 is 19.7 Å². The third kappa shape index (κ3) is 4.11. The summed E-state index contributed by atoms with van der Waals surface area (Å²) >= 11 is 0. The molecule has 0 aliphatic rings. The highest BCUT2D eigenvalue weighted by Gasteiger charge is 2.25. The highest BCUT2D eigenvalue weighted by atomic mass is 16.5. The molecule has 1 rings (SSSR count). The number of methoxy groups -OCH3 is 2. The van der Waals surface area contributed by atoms with Crippen molar-refractivity contribution in [2.45, 2.75) is 39.4 Å². The molecule has 4 nitrogen and oxygen atoms in total. The van der Waals surface area contributed by atoms with Gasteiger partial charge in [0.25, 0.3) is 0 Å². The summed E-state index contributed by atoms with van der Waals surface area (Å²) < 4.78 is 10.4. The van der Waals surface area contributed by atoms with E-state index in [2.05, 4.69) is 0 Å². The first-order valence-corrected chi connectivity index (χ1v) is 6.37. The van der Waals surface area contributed by atoms with E-state index in [0.29, 0.717) is 23.5 Å². The molecule has 4 heteroatoms. The number of benzene rings is 1. The molecule has 2 unspecified atom stereocenters. The number of ether oxygens (including phenoxy) is 2. The number of rotatable bonds is 5. The monoisotopic (exact) mass is 268 g/mol. The van der Waals surface area contributed by atoms with Crippen LogP contribution in [0.4, 0.5) is 0 Å². The van der Waals surface area contributed by atoms with Gasteiger partial charge in [-0.15, -0.1) is 0 Å². The van der Waals surface area contributed by atoms with Gasteiger partial charge in [-0.2, -0.15) is 0 Å². The molecule has 0 heterocycles. The maximum atomic E-state index is 10.2. The molecule has 0 aliphatic heterocycles. The van der Waals surface area contributed by atoms with Crippen LogP contribution < -0.4 is 9.47 Å². The summed E-state index contributed by atoms with van der Waals surface area (Å²) in [6.07, 6.45) is -1.01. The fourth-order valence-electron chi connectivity index (χ4n) is 1.76. The summed E-state index contributed by atoms with van der Waals surface area (Å²) in [7, 11) is 3.12. The van der Waals surface area contributed by atoms with E-state index in [0.717, 1.165) is 0 Å². The van der Waals surface area contributed by atoms with Crippen LogP contribution in [-0.4, -0.2) is 30.5 Å². The zero-order valence-corrected chi connectivity index (χ0v) is 12.3. The van der Waals surface area contributed by atoms with Gasteiger partial charge in [-0.1, -0.05) is 26.8 Å². The molecular weight excluding hydrogens is 244 g/mol. The van der Waals surface area contributed by atoms with E-state index in [4.69, 9.17) is 9.47 Å². The lowest BCUT2D eigenvalue weighted by atomic mass is 9.85. The summed E-state index contributed by atoms with van der Waals surface area (Å²) in [5.74, 6) is 1.19. The number of aliphatic hydroxyl groups excluding tert-OH is 2. The molecule has 0 spiro atoms. The highest BCUT2D eigenvalue weighted by molar-refractivity contribution is 5.43. The van der Waals surface area contributed by atoms with E-state index in [1.165, 1.54) is 0 Å². The van der Waals surface area contributed by atoms with Crippen LogP contribution in [0.1, 0.15) is 38.9 Å². The van der Waals surface area contributed by atoms with Crippen LogP contribution in [0, 0.1) is 5.41 Å². The van der Waals surface area contributed by atoms with Crippen LogP contribution in [0.25, 0.3) is 0 Å². The van der Waals surface area contributed by atoms with Crippen molar-refractivity contribution in [1.29, 1.82) is 0 Å². The van der Waals surface area contributed by atoms with Gasteiger partial charge in [0, 0.05) is 6.42 Å². The van der Waals surface area contributed by atoms with Gasteiger partial charge in [-0.05, 0) is 23.1 Å². The third-order valence-corrected chi connectivity index (χ3v) is 3.24. The summed E-state index contributed by atoms with van der Waals surface area (Å²) in [5, 5.41) is 20.2. The molecular formula is C15H24O4. The van der Waals surface area contributed by atoms with Crippen LogP contribution in [0.2, 0.25) is 0 Å². The van der Waals surface area contributed by atoms with E-state index >= 15 is 0 Å². The maximum Gasteiger partial charge on any atom is 0.161 e. The molecule has 0 aliphatic carbocycles. The summed E-state index contributed by atoms with van der Waals surface area (Å²) in [6, 6.07) is 5.27. The molecule has 0 radical (unpaired) electrons. The molecule has 2 N–H and O–H groups in total. The standard InChI is InChI=1S/C15H24O4/c1-15(2,3)14(17)9-11(16)10-6-7-12(18-4)13(8-10)19-5/h6-8,11,14,16-17H,9H2,1-5H3.